The maximum atomic E-state index is 12.0. The molecule has 1 N–H and O–H groups in total. The molecule has 1 aromatic rings. The number of carbonyl (C=O) groups is 3. The number of aliphatic carboxylic acids is 1. The lowest BCUT2D eigenvalue weighted by Crippen LogP contribution is -2.17. The van der Waals surface area contributed by atoms with Crippen molar-refractivity contribution in [3.8, 4) is 0 Å². The number of hydrogen-bond acceptors (Lipinski definition) is 11. The Morgan fingerprint density at radius 3 is 1.66 bits per heavy atom. The van der Waals surface area contributed by atoms with Crippen LogP contribution >= 0.6 is 0 Å². The first-order chi connectivity index (χ1) is 16.7. The molecule has 0 aliphatic heterocycles. The van der Waals surface area contributed by atoms with E-state index in [1.54, 1.807) is 12.1 Å². The van der Waals surface area contributed by atoms with E-state index in [0.717, 1.165) is 5.56 Å². The van der Waals surface area contributed by atoms with Gasteiger partial charge in [-0.05, 0) is 19.1 Å². The minimum absolute atomic E-state index is 0.00781. The third-order valence-electron chi connectivity index (χ3n) is 4.18. The van der Waals surface area contributed by atoms with Crippen LogP contribution in [-0.4, -0.2) is 97.3 Å². The summed E-state index contributed by atoms with van der Waals surface area (Å²) in [6.45, 7) is 3.88. The molecule has 0 saturated carbocycles. The molecule has 0 spiro atoms. The first kappa shape index (κ1) is 30.6. The molecule has 0 bridgehead atoms. The average molecular weight is 521 g/mol. The van der Waals surface area contributed by atoms with Crippen molar-refractivity contribution in [1.82, 2.24) is 0 Å². The molecule has 12 nitrogen and oxygen atoms in total. The highest BCUT2D eigenvalue weighted by molar-refractivity contribution is 7.86. The van der Waals surface area contributed by atoms with Gasteiger partial charge in [-0.3, -0.25) is 13.8 Å². The maximum Gasteiger partial charge on any atom is 0.372 e. The van der Waals surface area contributed by atoms with Gasteiger partial charge in [0.15, 0.2) is 0 Å². The van der Waals surface area contributed by atoms with Gasteiger partial charge in [-0.25, -0.2) is 4.79 Å². The van der Waals surface area contributed by atoms with E-state index in [1.807, 2.05) is 6.92 Å². The van der Waals surface area contributed by atoms with E-state index in [-0.39, 0.29) is 51.0 Å². The zero-order valence-electron chi connectivity index (χ0n) is 19.6. The van der Waals surface area contributed by atoms with E-state index in [1.165, 1.54) is 12.1 Å². The Morgan fingerprint density at radius 1 is 0.714 bits per heavy atom. The summed E-state index contributed by atoms with van der Waals surface area (Å²) in [4.78, 5) is 32.6. The molecule has 0 fully saturated rings. The van der Waals surface area contributed by atoms with Crippen LogP contribution in [0, 0.1) is 6.92 Å². The molecule has 35 heavy (non-hydrogen) atoms. The highest BCUT2D eigenvalue weighted by Gasteiger charge is 2.15. The summed E-state index contributed by atoms with van der Waals surface area (Å²) in [6, 6.07) is 6.37. The minimum atomic E-state index is -3.80. The van der Waals surface area contributed by atoms with Crippen molar-refractivity contribution in [2.24, 2.45) is 0 Å². The Kier molecular flexibility index (Phi) is 15.7. The third kappa shape index (κ3) is 15.2. The summed E-state index contributed by atoms with van der Waals surface area (Å²) >= 11 is 0. The maximum absolute atomic E-state index is 12.0. The summed E-state index contributed by atoms with van der Waals surface area (Å²) in [5.74, 6) is -3.28. The smallest absolute Gasteiger partial charge is 0.372 e. The van der Waals surface area contributed by atoms with E-state index in [2.05, 4.69) is 0 Å². The Morgan fingerprint density at radius 2 is 1.17 bits per heavy atom. The number of ether oxygens (including phenoxy) is 5. The van der Waals surface area contributed by atoms with Gasteiger partial charge in [0.1, 0.15) is 6.61 Å². The number of esters is 1. The predicted octanol–water partition coefficient (Wildman–Crippen LogP) is 0.744. The largest absolute Gasteiger partial charge is 0.476 e. The van der Waals surface area contributed by atoms with Gasteiger partial charge < -0.3 is 28.8 Å². The number of ketones is 1. The first-order valence-electron chi connectivity index (χ1n) is 10.9. The van der Waals surface area contributed by atoms with E-state index < -0.39 is 34.3 Å². The molecule has 0 radical (unpaired) electrons. The lowest BCUT2D eigenvalue weighted by molar-refractivity contribution is -0.151. The molecular formula is C22H32O12S. The Labute approximate surface area is 204 Å². The van der Waals surface area contributed by atoms with Crippen molar-refractivity contribution < 1.29 is 55.8 Å². The Bertz CT molecular complexity index is 867. The summed E-state index contributed by atoms with van der Waals surface area (Å²) < 4.78 is 54.8. The van der Waals surface area contributed by atoms with Crippen LogP contribution in [0.25, 0.3) is 0 Å². The molecule has 0 unspecified atom stereocenters. The van der Waals surface area contributed by atoms with Crippen molar-refractivity contribution in [2.45, 2.75) is 24.7 Å². The zero-order chi connectivity index (χ0) is 25.9. The number of benzene rings is 1. The van der Waals surface area contributed by atoms with E-state index in [4.69, 9.17) is 33.0 Å². The van der Waals surface area contributed by atoms with Crippen LogP contribution in [0.4, 0.5) is 0 Å². The fourth-order valence-corrected chi connectivity index (χ4v) is 3.24. The van der Waals surface area contributed by atoms with Crippen molar-refractivity contribution in [2.75, 3.05) is 66.1 Å². The van der Waals surface area contributed by atoms with E-state index in [9.17, 15) is 22.8 Å². The van der Waals surface area contributed by atoms with Crippen LogP contribution in [0.5, 0.6) is 0 Å². The second-order valence-electron chi connectivity index (χ2n) is 6.99. The number of carbonyl (C=O) groups excluding carboxylic acids is 2. The highest BCUT2D eigenvalue weighted by Crippen LogP contribution is 2.12. The summed E-state index contributed by atoms with van der Waals surface area (Å²) in [7, 11) is -3.80. The number of hydrogen-bond donors (Lipinski definition) is 1. The minimum Gasteiger partial charge on any atom is -0.476 e. The normalized spacial score (nSPS) is 11.3. The standard InChI is InChI=1S/C22H32O12S/c1-18-2-4-19(5-3-18)35(27,28)34-17-15-32-13-11-30-9-8-29-10-12-31-14-16-33-21(24)7-6-20(23)22(25)26/h2-5H,6-17H2,1H3,(H,25,26). The van der Waals surface area contributed by atoms with Crippen LogP contribution in [-0.2, 0) is 52.4 Å². The Hall–Kier alpha value is -2.42. The van der Waals surface area contributed by atoms with Gasteiger partial charge in [0.2, 0.25) is 5.78 Å². The molecule has 0 aromatic heterocycles. The molecular weight excluding hydrogens is 488 g/mol. The topological polar surface area (TPSA) is 161 Å². The van der Waals surface area contributed by atoms with Crippen molar-refractivity contribution in [3.05, 3.63) is 29.8 Å². The molecule has 1 aromatic carbocycles. The molecule has 0 atom stereocenters. The molecule has 0 aliphatic carbocycles. The monoisotopic (exact) mass is 520 g/mol. The van der Waals surface area contributed by atoms with Crippen LogP contribution in [0.2, 0.25) is 0 Å². The zero-order valence-corrected chi connectivity index (χ0v) is 20.5. The average Bonchev–Trinajstić information content (AvgIpc) is 2.82. The molecule has 13 heteroatoms. The number of carboxylic acids is 1. The van der Waals surface area contributed by atoms with Crippen LogP contribution in [0.3, 0.4) is 0 Å². The fourth-order valence-electron chi connectivity index (χ4n) is 2.35. The summed E-state index contributed by atoms with van der Waals surface area (Å²) in [5, 5.41) is 8.40. The molecule has 0 amide bonds. The van der Waals surface area contributed by atoms with Gasteiger partial charge in [0.05, 0.1) is 70.8 Å². The lowest BCUT2D eigenvalue weighted by Gasteiger charge is -2.08. The van der Waals surface area contributed by atoms with Gasteiger partial charge in [-0.2, -0.15) is 8.42 Å². The number of carboxylic acid groups (broad SMARTS) is 1. The van der Waals surface area contributed by atoms with Crippen LogP contribution < -0.4 is 0 Å². The predicted molar refractivity (Wildman–Crippen MR) is 120 cm³/mol. The number of rotatable bonds is 21. The van der Waals surface area contributed by atoms with Crippen LogP contribution in [0.1, 0.15) is 18.4 Å². The lowest BCUT2D eigenvalue weighted by atomic mass is 10.2. The highest BCUT2D eigenvalue weighted by atomic mass is 32.2. The third-order valence-corrected chi connectivity index (χ3v) is 5.50. The second-order valence-corrected chi connectivity index (χ2v) is 8.60. The quantitative estimate of drug-likeness (QED) is 0.105. The molecule has 0 heterocycles. The second kappa shape index (κ2) is 17.9. The van der Waals surface area contributed by atoms with Gasteiger partial charge in [-0.1, -0.05) is 17.7 Å². The first-order valence-corrected chi connectivity index (χ1v) is 12.3. The van der Waals surface area contributed by atoms with E-state index >= 15 is 0 Å². The van der Waals surface area contributed by atoms with Crippen molar-refractivity contribution in [3.63, 3.8) is 0 Å². The number of aryl methyl sites for hydroxylation is 1. The number of Topliss-reactive ketones (excluding diaryl/α,β-unsaturated/α-hetero) is 1. The molecule has 0 saturated heterocycles. The van der Waals surface area contributed by atoms with Gasteiger partial charge >= 0.3 is 11.9 Å². The molecule has 1 rings (SSSR count). The van der Waals surface area contributed by atoms with Gasteiger partial charge in [0, 0.05) is 6.42 Å². The van der Waals surface area contributed by atoms with Gasteiger partial charge in [-0.15, -0.1) is 0 Å². The van der Waals surface area contributed by atoms with Crippen LogP contribution in [0.15, 0.2) is 29.2 Å². The summed E-state index contributed by atoms with van der Waals surface area (Å²) in [6.07, 6.45) is -0.687. The van der Waals surface area contributed by atoms with Crippen molar-refractivity contribution in [1.29, 1.82) is 0 Å². The van der Waals surface area contributed by atoms with E-state index in [0.29, 0.717) is 26.4 Å². The Balaban J connectivity index is 1.85. The van der Waals surface area contributed by atoms with Crippen molar-refractivity contribution >= 4 is 27.8 Å². The molecule has 0 aliphatic rings. The summed E-state index contributed by atoms with van der Waals surface area (Å²) in [5.41, 5.74) is 0.954. The SMILES string of the molecule is Cc1ccc(S(=O)(=O)OCCOCCOCCOCCOCCOC(=O)CCC(=O)C(=O)O)cc1. The van der Waals surface area contributed by atoms with Gasteiger partial charge in [0.25, 0.3) is 10.1 Å². The molecule has 198 valence electrons. The fraction of sp³-hybridized carbons (Fsp3) is 0.591.